The van der Waals surface area contributed by atoms with Gasteiger partial charge in [0, 0.05) is 11.2 Å². The number of hydrogen-bond donors (Lipinski definition) is 2. The molecule has 8 heteroatoms. The molecule has 4 nitrogen and oxygen atoms in total. The van der Waals surface area contributed by atoms with Gasteiger partial charge >= 0.3 is 6.18 Å². The lowest BCUT2D eigenvalue weighted by Gasteiger charge is -2.07. The second-order valence-electron chi connectivity index (χ2n) is 4.63. The molecule has 1 aliphatic rings. The van der Waals surface area contributed by atoms with Gasteiger partial charge in [-0.25, -0.2) is 10.4 Å². The van der Waals surface area contributed by atoms with E-state index in [0.717, 1.165) is 17.8 Å². The summed E-state index contributed by atoms with van der Waals surface area (Å²) in [5.74, 6) is 0.383. The summed E-state index contributed by atoms with van der Waals surface area (Å²) in [7, 11) is 0. The molecule has 22 heavy (non-hydrogen) atoms. The Bertz CT molecular complexity index is 696. The summed E-state index contributed by atoms with van der Waals surface area (Å²) in [5.41, 5.74) is 6.15. The molecule has 0 spiro atoms. The lowest BCUT2D eigenvalue weighted by molar-refractivity contribution is -0.137. The monoisotopic (exact) mass is 326 g/mol. The maximum atomic E-state index is 12.5. The van der Waals surface area contributed by atoms with Crippen LogP contribution in [0.4, 0.5) is 13.2 Å². The summed E-state index contributed by atoms with van der Waals surface area (Å²) in [4.78, 5) is 8.15. The average molecular weight is 327 g/mol. The lowest BCUT2D eigenvalue weighted by atomic mass is 10.2. The van der Waals surface area contributed by atoms with E-state index in [9.17, 15) is 13.2 Å². The highest BCUT2D eigenvalue weighted by atomic mass is 35.5. The van der Waals surface area contributed by atoms with Gasteiger partial charge in [-0.05, 0) is 29.8 Å². The Morgan fingerprint density at radius 2 is 1.77 bits per heavy atom. The summed E-state index contributed by atoms with van der Waals surface area (Å²) in [6.45, 7) is 0. The summed E-state index contributed by atoms with van der Waals surface area (Å²) >= 11 is 5.82. The Hall–Kier alpha value is -2.12. The van der Waals surface area contributed by atoms with E-state index in [4.69, 9.17) is 11.6 Å². The zero-order chi connectivity index (χ0) is 15.7. The van der Waals surface area contributed by atoms with Gasteiger partial charge in [0.15, 0.2) is 5.84 Å². The van der Waals surface area contributed by atoms with Crippen LogP contribution >= 0.6 is 11.6 Å². The minimum Gasteiger partial charge on any atom is -0.302 e. The Labute approximate surface area is 129 Å². The largest absolute Gasteiger partial charge is 0.417 e. The molecule has 0 fully saturated rings. The minimum absolute atomic E-state index is 0.331. The molecule has 1 aromatic heterocycles. The Balaban J connectivity index is 1.81. The van der Waals surface area contributed by atoms with Crippen LogP contribution < -0.4 is 10.9 Å². The molecule has 0 unspecified atom stereocenters. The number of nitrogens with zero attached hydrogens (tertiary/aromatic N) is 2. The first-order valence-electron chi connectivity index (χ1n) is 6.32. The number of amidine groups is 1. The number of rotatable bonds is 2. The molecule has 0 saturated heterocycles. The Morgan fingerprint density at radius 3 is 2.36 bits per heavy atom. The number of hydrogen-bond acceptors (Lipinski definition) is 4. The third-order valence-corrected chi connectivity index (χ3v) is 3.36. The number of nitrogens with one attached hydrogen (secondary N) is 2. The molecule has 0 bridgehead atoms. The molecule has 0 amide bonds. The van der Waals surface area contributed by atoms with Crippen LogP contribution in [0.2, 0.25) is 5.02 Å². The van der Waals surface area contributed by atoms with Crippen molar-refractivity contribution < 1.29 is 13.2 Å². The highest BCUT2D eigenvalue weighted by molar-refractivity contribution is 6.30. The van der Waals surface area contributed by atoms with Gasteiger partial charge in [-0.2, -0.15) is 13.2 Å². The van der Waals surface area contributed by atoms with E-state index in [1.165, 1.54) is 6.07 Å². The number of aromatic nitrogens is 1. The molecule has 2 aromatic rings. The number of pyridine rings is 1. The smallest absolute Gasteiger partial charge is 0.302 e. The third kappa shape index (κ3) is 3.05. The van der Waals surface area contributed by atoms with Crippen LogP contribution in [0.15, 0.2) is 47.6 Å². The van der Waals surface area contributed by atoms with Gasteiger partial charge in [-0.15, -0.1) is 0 Å². The van der Waals surface area contributed by atoms with E-state index in [0.29, 0.717) is 16.6 Å². The van der Waals surface area contributed by atoms with Gasteiger partial charge in [0.05, 0.1) is 5.56 Å². The standard InChI is InChI=1S/C14H10ClF3N4/c15-10-4-1-8(2-5-10)12-20-13(22-21-12)11-6-3-9(7-19-11)14(16,17)18/h1-7,12,21H,(H,20,22)/t12-/m1/s1. The van der Waals surface area contributed by atoms with Crippen LogP contribution in [0.1, 0.15) is 23.0 Å². The zero-order valence-electron chi connectivity index (χ0n) is 11.0. The highest BCUT2D eigenvalue weighted by Gasteiger charge is 2.31. The molecule has 1 aliphatic heterocycles. The van der Waals surface area contributed by atoms with Gasteiger partial charge in [0.25, 0.3) is 0 Å². The second kappa shape index (κ2) is 5.58. The van der Waals surface area contributed by atoms with Crippen LogP contribution in [-0.4, -0.2) is 10.8 Å². The minimum atomic E-state index is -4.40. The molecule has 3 rings (SSSR count). The van der Waals surface area contributed by atoms with Gasteiger partial charge < -0.3 is 5.43 Å². The molecule has 2 N–H and O–H groups in total. The number of halogens is 4. The number of hydrazine groups is 1. The van der Waals surface area contributed by atoms with Crippen LogP contribution in [0.25, 0.3) is 0 Å². The fraction of sp³-hybridized carbons (Fsp3) is 0.143. The van der Waals surface area contributed by atoms with Gasteiger partial charge in [-0.1, -0.05) is 23.7 Å². The van der Waals surface area contributed by atoms with Crippen LogP contribution in [0.5, 0.6) is 0 Å². The molecule has 2 heterocycles. The van der Waals surface area contributed by atoms with E-state index in [1.54, 1.807) is 12.1 Å². The normalized spacial score (nSPS) is 18.0. The van der Waals surface area contributed by atoms with Crippen molar-refractivity contribution in [2.45, 2.75) is 12.3 Å². The molecule has 0 radical (unpaired) electrons. The predicted molar refractivity (Wildman–Crippen MR) is 76.2 cm³/mol. The van der Waals surface area contributed by atoms with Crippen molar-refractivity contribution in [3.05, 3.63) is 64.4 Å². The lowest BCUT2D eigenvalue weighted by Crippen LogP contribution is -2.32. The molecule has 0 aliphatic carbocycles. The number of aliphatic imine (C=N–C) groups is 1. The van der Waals surface area contributed by atoms with E-state index in [2.05, 4.69) is 20.8 Å². The quantitative estimate of drug-likeness (QED) is 0.890. The molecule has 1 atom stereocenters. The van der Waals surface area contributed by atoms with Crippen molar-refractivity contribution in [3.8, 4) is 0 Å². The molecular formula is C14H10ClF3N4. The van der Waals surface area contributed by atoms with E-state index < -0.39 is 11.7 Å². The number of alkyl halides is 3. The second-order valence-corrected chi connectivity index (χ2v) is 5.07. The Kier molecular flexibility index (Phi) is 3.76. The van der Waals surface area contributed by atoms with Crippen molar-refractivity contribution in [3.63, 3.8) is 0 Å². The van der Waals surface area contributed by atoms with Gasteiger partial charge in [0.1, 0.15) is 11.9 Å². The van der Waals surface area contributed by atoms with Crippen molar-refractivity contribution in [1.29, 1.82) is 0 Å². The molecule has 0 saturated carbocycles. The van der Waals surface area contributed by atoms with E-state index in [-0.39, 0.29) is 6.17 Å². The SMILES string of the molecule is FC(F)(F)c1ccc(C2=N[C@@H](c3ccc(Cl)cc3)NN2)nc1. The number of benzene rings is 1. The van der Waals surface area contributed by atoms with Crippen molar-refractivity contribution >= 4 is 17.4 Å². The summed E-state index contributed by atoms with van der Waals surface area (Å²) in [6.07, 6.45) is -3.97. The molecular weight excluding hydrogens is 317 g/mol. The topological polar surface area (TPSA) is 49.3 Å². The van der Waals surface area contributed by atoms with Crippen molar-refractivity contribution in [1.82, 2.24) is 15.8 Å². The first kappa shape index (κ1) is 14.8. The maximum Gasteiger partial charge on any atom is 0.417 e. The summed E-state index contributed by atoms with van der Waals surface area (Å²) < 4.78 is 37.5. The van der Waals surface area contributed by atoms with E-state index in [1.807, 2.05) is 12.1 Å². The summed E-state index contributed by atoms with van der Waals surface area (Å²) in [5, 5.41) is 0.614. The van der Waals surface area contributed by atoms with Crippen molar-refractivity contribution in [2.75, 3.05) is 0 Å². The third-order valence-electron chi connectivity index (χ3n) is 3.10. The van der Waals surface area contributed by atoms with Crippen molar-refractivity contribution in [2.24, 2.45) is 4.99 Å². The van der Waals surface area contributed by atoms with Crippen LogP contribution in [0, 0.1) is 0 Å². The highest BCUT2D eigenvalue weighted by Crippen LogP contribution is 2.28. The first-order chi connectivity index (χ1) is 10.4. The Morgan fingerprint density at radius 1 is 1.05 bits per heavy atom. The summed E-state index contributed by atoms with van der Waals surface area (Å²) in [6, 6.07) is 9.36. The predicted octanol–water partition coefficient (Wildman–Crippen LogP) is 3.31. The average Bonchev–Trinajstić information content (AvgIpc) is 2.97. The van der Waals surface area contributed by atoms with E-state index >= 15 is 0 Å². The maximum absolute atomic E-state index is 12.5. The van der Waals surface area contributed by atoms with Crippen LogP contribution in [0.3, 0.4) is 0 Å². The molecule has 114 valence electrons. The van der Waals surface area contributed by atoms with Crippen LogP contribution in [-0.2, 0) is 6.18 Å². The fourth-order valence-corrected chi connectivity index (χ4v) is 2.09. The fourth-order valence-electron chi connectivity index (χ4n) is 1.97. The first-order valence-corrected chi connectivity index (χ1v) is 6.70. The van der Waals surface area contributed by atoms with Gasteiger partial charge in [-0.3, -0.25) is 4.98 Å². The zero-order valence-corrected chi connectivity index (χ0v) is 11.8. The molecule has 1 aromatic carbocycles. The van der Waals surface area contributed by atoms with Gasteiger partial charge in [0.2, 0.25) is 0 Å².